The highest BCUT2D eigenvalue weighted by molar-refractivity contribution is 7.91. The minimum absolute atomic E-state index is 0.0468. The molecular formula is C43H65N3O6S. The summed E-state index contributed by atoms with van der Waals surface area (Å²) in [4.78, 5) is 30.0. The Morgan fingerprint density at radius 1 is 0.925 bits per heavy atom. The average molecular weight is 752 g/mol. The van der Waals surface area contributed by atoms with Crippen molar-refractivity contribution in [3.63, 3.8) is 0 Å². The van der Waals surface area contributed by atoms with E-state index in [1.54, 1.807) is 19.2 Å². The van der Waals surface area contributed by atoms with Crippen molar-refractivity contribution in [1.29, 1.82) is 0 Å². The van der Waals surface area contributed by atoms with Gasteiger partial charge in [0.25, 0.3) is 0 Å². The first-order valence-electron chi connectivity index (χ1n) is 20.7. The van der Waals surface area contributed by atoms with Gasteiger partial charge in [-0.15, -0.1) is 0 Å². The van der Waals surface area contributed by atoms with Crippen LogP contribution < -0.4 is 5.32 Å². The van der Waals surface area contributed by atoms with Gasteiger partial charge in [0.15, 0.2) is 9.84 Å². The molecule has 1 saturated heterocycles. The molecule has 2 N–H and O–H groups in total. The molecule has 4 saturated carbocycles. The lowest BCUT2D eigenvalue weighted by atomic mass is 9.34. The summed E-state index contributed by atoms with van der Waals surface area (Å²) in [6.07, 6.45) is 14.9. The fraction of sp³-hybridized carbons (Fsp3) is 0.767. The number of allylic oxidation sites excluding steroid dienone is 2. The Bertz CT molecular complexity index is 1670. The SMILES string of the molecule is COCCCN(CCN1CCS(=O)(=O)CC1)C(=O)NC12CCCC1C1CCC3C4(C)CC=C(c5ccc(C(=O)O)cc5)C(C)C4CCC3(C)[C@]1(C)CC2. The van der Waals surface area contributed by atoms with Gasteiger partial charge in [-0.25, -0.2) is 18.0 Å². The molecule has 0 spiro atoms. The van der Waals surface area contributed by atoms with Crippen molar-refractivity contribution in [3.8, 4) is 0 Å². The Balaban J connectivity index is 1.07. The van der Waals surface area contributed by atoms with Crippen molar-refractivity contribution in [3.05, 3.63) is 41.5 Å². The molecule has 0 aromatic heterocycles. The highest BCUT2D eigenvalue weighted by Crippen LogP contribution is 2.75. The van der Waals surface area contributed by atoms with Gasteiger partial charge in [-0.3, -0.25) is 4.90 Å². The molecule has 2 amide bonds. The molecule has 0 bridgehead atoms. The van der Waals surface area contributed by atoms with E-state index >= 15 is 0 Å². The van der Waals surface area contributed by atoms with Crippen molar-refractivity contribution in [1.82, 2.24) is 15.1 Å². The van der Waals surface area contributed by atoms with Crippen LogP contribution in [-0.2, 0) is 14.6 Å². The van der Waals surface area contributed by atoms with Gasteiger partial charge in [-0.2, -0.15) is 0 Å². The molecule has 6 aliphatic rings. The first-order chi connectivity index (χ1) is 25.2. The van der Waals surface area contributed by atoms with Gasteiger partial charge in [0, 0.05) is 52.0 Å². The van der Waals surface area contributed by atoms with Crippen molar-refractivity contribution in [2.75, 3.05) is 57.9 Å². The van der Waals surface area contributed by atoms with E-state index in [9.17, 15) is 23.1 Å². The topological polar surface area (TPSA) is 116 Å². The molecule has 1 aromatic carbocycles. The number of hydrogen-bond donors (Lipinski definition) is 2. The highest BCUT2D eigenvalue weighted by Gasteiger charge is 2.68. The molecule has 1 aromatic rings. The second-order valence-corrected chi connectivity index (χ2v) is 21.0. The second kappa shape index (κ2) is 14.6. The summed E-state index contributed by atoms with van der Waals surface area (Å²) in [6, 6.07) is 7.55. The number of carboxylic acids is 1. The van der Waals surface area contributed by atoms with Crippen LogP contribution in [0.15, 0.2) is 30.3 Å². The third kappa shape index (κ3) is 6.79. The fourth-order valence-electron chi connectivity index (χ4n) is 13.5. The first-order valence-corrected chi connectivity index (χ1v) is 22.5. The Labute approximate surface area is 318 Å². The molecule has 294 valence electrons. The van der Waals surface area contributed by atoms with Crippen molar-refractivity contribution < 1.29 is 27.9 Å². The standard InChI is InChI=1S/C43H65N3O6S/c1-30-33(31-9-11-32(12-10-31)38(47)48)15-18-40(2)34(30)16-19-42(4)37(40)14-13-35-36-8-6-17-43(36,21-20-41(35,42)3)44-39(49)46(22-7-27-52-5)24-23-45-25-28-53(50,51)29-26-45/h9-12,15,30,34-37H,6-8,13-14,16-29H2,1-5H3,(H,44,49)(H,47,48)/t30?,34?,35?,36?,37?,40?,41-,42?,43?/m1/s1. The lowest BCUT2D eigenvalue weighted by Gasteiger charge is -2.71. The minimum atomic E-state index is -2.94. The number of nitrogens with one attached hydrogen (secondary N) is 1. The maximum absolute atomic E-state index is 14.3. The maximum atomic E-state index is 14.3. The van der Waals surface area contributed by atoms with Crippen LogP contribution in [0.1, 0.15) is 114 Å². The number of aromatic carboxylic acids is 1. The number of benzene rings is 1. The van der Waals surface area contributed by atoms with E-state index in [2.05, 4.69) is 44.0 Å². The summed E-state index contributed by atoms with van der Waals surface area (Å²) in [5.74, 6) is 2.30. The van der Waals surface area contributed by atoms with Crippen LogP contribution in [0, 0.1) is 45.8 Å². The number of carboxylic acid groups (broad SMARTS) is 1. The number of hydrogen-bond acceptors (Lipinski definition) is 6. The molecule has 1 aliphatic heterocycles. The van der Waals surface area contributed by atoms with Crippen LogP contribution in [0.25, 0.3) is 5.57 Å². The van der Waals surface area contributed by atoms with Crippen molar-refractivity contribution >= 4 is 27.4 Å². The molecule has 9 nitrogen and oxygen atoms in total. The monoisotopic (exact) mass is 751 g/mol. The first kappa shape index (κ1) is 38.8. The molecular weight excluding hydrogens is 687 g/mol. The smallest absolute Gasteiger partial charge is 0.335 e. The quantitative estimate of drug-likeness (QED) is 0.240. The minimum Gasteiger partial charge on any atom is -0.478 e. The van der Waals surface area contributed by atoms with Gasteiger partial charge in [0.2, 0.25) is 0 Å². The van der Waals surface area contributed by atoms with Gasteiger partial charge >= 0.3 is 12.0 Å². The van der Waals surface area contributed by atoms with Crippen LogP contribution in [0.4, 0.5) is 4.79 Å². The van der Waals surface area contributed by atoms with Gasteiger partial charge in [0.1, 0.15) is 0 Å². The highest BCUT2D eigenvalue weighted by atomic mass is 32.2. The Kier molecular flexibility index (Phi) is 10.7. The molecule has 7 rings (SSSR count). The number of methoxy groups -OCH3 is 1. The van der Waals surface area contributed by atoms with E-state index in [1.165, 1.54) is 49.7 Å². The van der Waals surface area contributed by atoms with E-state index in [0.29, 0.717) is 74.5 Å². The van der Waals surface area contributed by atoms with Crippen molar-refractivity contribution in [2.45, 2.75) is 104 Å². The number of rotatable bonds is 10. The zero-order chi connectivity index (χ0) is 37.8. The predicted molar refractivity (Wildman–Crippen MR) is 209 cm³/mol. The Hall–Kier alpha value is -2.43. The molecule has 9 atom stereocenters. The number of fused-ring (bicyclic) bond motifs is 7. The third-order valence-electron chi connectivity index (χ3n) is 16.6. The Morgan fingerprint density at radius 2 is 1.66 bits per heavy atom. The van der Waals surface area contributed by atoms with Crippen LogP contribution in [0.2, 0.25) is 0 Å². The summed E-state index contributed by atoms with van der Waals surface area (Å²) in [6.45, 7) is 13.9. The fourth-order valence-corrected chi connectivity index (χ4v) is 14.7. The summed E-state index contributed by atoms with van der Waals surface area (Å²) < 4.78 is 29.4. The normalized spacial score (nSPS) is 39.1. The number of nitrogens with zero attached hydrogens (tertiary/aromatic N) is 2. The van der Waals surface area contributed by atoms with Gasteiger partial charge in [-0.1, -0.05) is 52.3 Å². The van der Waals surface area contributed by atoms with E-state index < -0.39 is 15.8 Å². The van der Waals surface area contributed by atoms with Gasteiger partial charge < -0.3 is 20.1 Å². The number of carbonyl (C=O) groups excluding carboxylic acids is 1. The number of ether oxygens (including phenoxy) is 1. The van der Waals surface area contributed by atoms with Gasteiger partial charge in [-0.05, 0) is 133 Å². The zero-order valence-corrected chi connectivity index (χ0v) is 33.8. The zero-order valence-electron chi connectivity index (χ0n) is 33.0. The summed E-state index contributed by atoms with van der Waals surface area (Å²) in [5, 5.41) is 13.2. The maximum Gasteiger partial charge on any atom is 0.335 e. The molecule has 53 heavy (non-hydrogen) atoms. The van der Waals surface area contributed by atoms with Gasteiger partial charge in [0.05, 0.1) is 17.1 Å². The van der Waals surface area contributed by atoms with Crippen LogP contribution in [0.3, 0.4) is 0 Å². The lowest BCUT2D eigenvalue weighted by molar-refractivity contribution is -0.210. The number of urea groups is 1. The Morgan fingerprint density at radius 3 is 2.36 bits per heavy atom. The van der Waals surface area contributed by atoms with Crippen LogP contribution in [-0.4, -0.2) is 98.8 Å². The van der Waals surface area contributed by atoms with E-state index in [1.807, 2.05) is 17.0 Å². The molecule has 0 radical (unpaired) electrons. The molecule has 8 unspecified atom stereocenters. The third-order valence-corrected chi connectivity index (χ3v) is 18.2. The molecule has 5 fully saturated rings. The van der Waals surface area contributed by atoms with Crippen LogP contribution >= 0.6 is 0 Å². The number of carbonyl (C=O) groups is 2. The van der Waals surface area contributed by atoms with Crippen molar-refractivity contribution in [2.24, 2.45) is 45.8 Å². The summed E-state index contributed by atoms with van der Waals surface area (Å²) in [5.41, 5.74) is 3.43. The number of sulfone groups is 1. The van der Waals surface area contributed by atoms with E-state index in [-0.39, 0.29) is 39.3 Å². The van der Waals surface area contributed by atoms with E-state index in [4.69, 9.17) is 4.74 Å². The second-order valence-electron chi connectivity index (χ2n) is 18.7. The van der Waals surface area contributed by atoms with E-state index in [0.717, 1.165) is 32.1 Å². The summed E-state index contributed by atoms with van der Waals surface area (Å²) in [7, 11) is -1.24. The number of amides is 2. The largest absolute Gasteiger partial charge is 0.478 e. The lowest BCUT2D eigenvalue weighted by Crippen LogP contribution is -2.68. The predicted octanol–water partition coefficient (Wildman–Crippen LogP) is 7.37. The molecule has 5 aliphatic carbocycles. The average Bonchev–Trinajstić information content (AvgIpc) is 3.54. The molecule has 1 heterocycles. The molecule has 10 heteroatoms. The summed E-state index contributed by atoms with van der Waals surface area (Å²) >= 11 is 0. The van der Waals surface area contributed by atoms with Crippen LogP contribution in [0.5, 0.6) is 0 Å².